The van der Waals surface area contributed by atoms with Crippen LogP contribution < -0.4 is 0 Å². The highest BCUT2D eigenvalue weighted by atomic mass is 35.5. The van der Waals surface area contributed by atoms with Gasteiger partial charge in [-0.2, -0.15) is 5.26 Å². The van der Waals surface area contributed by atoms with E-state index < -0.39 is 10.7 Å². The number of thioether (sulfide) groups is 1. The molecule has 0 aliphatic carbocycles. The number of hydrogen-bond donors (Lipinski definition) is 1. The molecule has 1 rings (SSSR count). The van der Waals surface area contributed by atoms with Crippen LogP contribution in [0.3, 0.4) is 0 Å². The van der Waals surface area contributed by atoms with Crippen LogP contribution in [-0.4, -0.2) is 15.8 Å². The van der Waals surface area contributed by atoms with Crippen molar-refractivity contribution in [2.45, 2.75) is 23.5 Å². The fourth-order valence-corrected chi connectivity index (χ4v) is 2.20. The van der Waals surface area contributed by atoms with Gasteiger partial charge in [0.25, 0.3) is 0 Å². The molecule has 0 unspecified atom stereocenters. The van der Waals surface area contributed by atoms with Crippen LogP contribution in [0.15, 0.2) is 23.1 Å². The number of benzene rings is 1. The van der Waals surface area contributed by atoms with E-state index in [1.54, 1.807) is 26.0 Å². The van der Waals surface area contributed by atoms with Crippen molar-refractivity contribution in [2.24, 2.45) is 0 Å². The van der Waals surface area contributed by atoms with Gasteiger partial charge in [0.05, 0.1) is 16.7 Å². The summed E-state index contributed by atoms with van der Waals surface area (Å²) in [6.45, 7) is 3.21. The van der Waals surface area contributed by atoms with Crippen molar-refractivity contribution in [1.29, 1.82) is 5.26 Å². The van der Waals surface area contributed by atoms with Gasteiger partial charge in [0, 0.05) is 4.90 Å². The molecule has 16 heavy (non-hydrogen) atoms. The Hall–Kier alpha value is -1.18. The Bertz CT molecular complexity index is 466. The van der Waals surface area contributed by atoms with Gasteiger partial charge in [-0.1, -0.05) is 11.6 Å². The van der Waals surface area contributed by atoms with Gasteiger partial charge in [0.15, 0.2) is 0 Å². The summed E-state index contributed by atoms with van der Waals surface area (Å²) in [5, 5.41) is 18.0. The van der Waals surface area contributed by atoms with E-state index in [0.717, 1.165) is 11.8 Å². The number of carbonyl (C=O) groups is 1. The molecule has 0 radical (unpaired) electrons. The molecule has 1 N–H and O–H groups in total. The first-order chi connectivity index (χ1) is 7.36. The van der Waals surface area contributed by atoms with Gasteiger partial charge in [-0.3, -0.25) is 4.79 Å². The molecule has 5 heteroatoms. The smallest absolute Gasteiger partial charge is 0.319 e. The molecule has 0 fully saturated rings. The van der Waals surface area contributed by atoms with Gasteiger partial charge >= 0.3 is 5.97 Å². The summed E-state index contributed by atoms with van der Waals surface area (Å²) in [5.74, 6) is -0.905. The maximum Gasteiger partial charge on any atom is 0.319 e. The molecule has 0 heterocycles. The Morgan fingerprint density at radius 2 is 2.19 bits per heavy atom. The lowest BCUT2D eigenvalue weighted by Gasteiger charge is -2.18. The van der Waals surface area contributed by atoms with Crippen molar-refractivity contribution in [2.75, 3.05) is 0 Å². The van der Waals surface area contributed by atoms with Crippen LogP contribution in [0.5, 0.6) is 0 Å². The Labute approximate surface area is 103 Å². The average molecular weight is 256 g/mol. The van der Waals surface area contributed by atoms with Gasteiger partial charge < -0.3 is 5.11 Å². The van der Waals surface area contributed by atoms with Crippen LogP contribution in [0, 0.1) is 11.3 Å². The first-order valence-corrected chi connectivity index (χ1v) is 5.68. The number of halogens is 1. The highest BCUT2D eigenvalue weighted by Crippen LogP contribution is 2.37. The zero-order valence-electron chi connectivity index (χ0n) is 8.82. The molecule has 0 atom stereocenters. The molecule has 0 aliphatic heterocycles. The lowest BCUT2D eigenvalue weighted by molar-refractivity contribution is -0.138. The summed E-state index contributed by atoms with van der Waals surface area (Å²) in [6, 6.07) is 6.78. The third-order valence-electron chi connectivity index (χ3n) is 1.94. The topological polar surface area (TPSA) is 61.1 Å². The number of carboxylic acid groups (broad SMARTS) is 1. The third-order valence-corrected chi connectivity index (χ3v) is 3.63. The van der Waals surface area contributed by atoms with Gasteiger partial charge in [0.1, 0.15) is 4.75 Å². The molecule has 0 saturated carbocycles. The summed E-state index contributed by atoms with van der Waals surface area (Å²) in [7, 11) is 0. The molecule has 0 saturated heterocycles. The van der Waals surface area contributed by atoms with Crippen molar-refractivity contribution in [3.05, 3.63) is 28.8 Å². The largest absolute Gasteiger partial charge is 0.480 e. The number of nitrogens with zero attached hydrogens (tertiary/aromatic N) is 1. The van der Waals surface area contributed by atoms with Crippen molar-refractivity contribution in [3.8, 4) is 6.07 Å². The van der Waals surface area contributed by atoms with Crippen LogP contribution in [0.4, 0.5) is 0 Å². The molecule has 0 aromatic heterocycles. The van der Waals surface area contributed by atoms with E-state index in [9.17, 15) is 4.79 Å². The molecule has 0 amide bonds. The van der Waals surface area contributed by atoms with Crippen LogP contribution in [0.1, 0.15) is 19.4 Å². The van der Waals surface area contributed by atoms with E-state index >= 15 is 0 Å². The zero-order valence-corrected chi connectivity index (χ0v) is 10.4. The lowest BCUT2D eigenvalue weighted by atomic mass is 10.2. The number of hydrogen-bond acceptors (Lipinski definition) is 3. The van der Waals surface area contributed by atoms with E-state index in [-0.39, 0.29) is 0 Å². The Balaban J connectivity index is 3.00. The standard InChI is InChI=1S/C11H10ClNO2S/c1-11(2,10(14)15)16-9-4-3-7(6-13)5-8(9)12/h3-5H,1-2H3,(H,14,15). The summed E-state index contributed by atoms with van der Waals surface area (Å²) in [5.41, 5.74) is 0.461. The normalized spacial score (nSPS) is 10.9. The maximum absolute atomic E-state index is 10.9. The molecular weight excluding hydrogens is 246 g/mol. The van der Waals surface area contributed by atoms with Crippen LogP contribution in [0.25, 0.3) is 0 Å². The Morgan fingerprint density at radius 3 is 2.62 bits per heavy atom. The van der Waals surface area contributed by atoms with Gasteiger partial charge in [0.2, 0.25) is 0 Å². The zero-order chi connectivity index (χ0) is 12.3. The van der Waals surface area contributed by atoms with E-state index in [1.807, 2.05) is 6.07 Å². The molecule has 3 nitrogen and oxygen atoms in total. The van der Waals surface area contributed by atoms with Crippen molar-refractivity contribution in [3.63, 3.8) is 0 Å². The van der Waals surface area contributed by atoms with Crippen LogP contribution in [0.2, 0.25) is 5.02 Å². The monoisotopic (exact) mass is 255 g/mol. The van der Waals surface area contributed by atoms with Crippen LogP contribution in [-0.2, 0) is 4.79 Å². The van der Waals surface area contributed by atoms with Crippen molar-refractivity contribution < 1.29 is 9.90 Å². The molecule has 1 aromatic carbocycles. The van der Waals surface area contributed by atoms with Gasteiger partial charge in [-0.15, -0.1) is 11.8 Å². The van der Waals surface area contributed by atoms with Crippen molar-refractivity contribution >= 4 is 29.3 Å². The first-order valence-electron chi connectivity index (χ1n) is 4.49. The molecule has 0 bridgehead atoms. The SMILES string of the molecule is CC(C)(Sc1ccc(C#N)cc1Cl)C(=O)O. The second kappa shape index (κ2) is 4.77. The number of aliphatic carboxylic acids is 1. The minimum absolute atomic E-state index is 0.401. The summed E-state index contributed by atoms with van der Waals surface area (Å²) in [6.07, 6.45) is 0. The van der Waals surface area contributed by atoms with E-state index in [0.29, 0.717) is 15.5 Å². The second-order valence-corrected chi connectivity index (χ2v) is 5.75. The fourth-order valence-electron chi connectivity index (χ4n) is 0.972. The summed E-state index contributed by atoms with van der Waals surface area (Å²) < 4.78 is -0.947. The predicted octanol–water partition coefficient (Wildman–Crippen LogP) is 3.17. The molecule has 0 spiro atoms. The third kappa shape index (κ3) is 2.91. The second-order valence-electron chi connectivity index (χ2n) is 3.67. The number of rotatable bonds is 3. The minimum Gasteiger partial charge on any atom is -0.480 e. The maximum atomic E-state index is 10.9. The minimum atomic E-state index is -0.947. The highest BCUT2D eigenvalue weighted by Gasteiger charge is 2.29. The van der Waals surface area contributed by atoms with Crippen molar-refractivity contribution in [1.82, 2.24) is 0 Å². The Kier molecular flexibility index (Phi) is 3.84. The molecular formula is C11H10ClNO2S. The van der Waals surface area contributed by atoms with Crippen LogP contribution >= 0.6 is 23.4 Å². The van der Waals surface area contributed by atoms with E-state index in [4.69, 9.17) is 22.0 Å². The number of carboxylic acids is 1. The molecule has 1 aromatic rings. The molecule has 0 aliphatic rings. The summed E-state index contributed by atoms with van der Waals surface area (Å²) >= 11 is 7.11. The quantitative estimate of drug-likeness (QED) is 0.843. The summed E-state index contributed by atoms with van der Waals surface area (Å²) in [4.78, 5) is 11.6. The number of nitriles is 1. The highest BCUT2D eigenvalue weighted by molar-refractivity contribution is 8.01. The Morgan fingerprint density at radius 1 is 1.56 bits per heavy atom. The molecule has 84 valence electrons. The predicted molar refractivity (Wildman–Crippen MR) is 63.7 cm³/mol. The van der Waals surface area contributed by atoms with E-state index in [1.165, 1.54) is 6.07 Å². The van der Waals surface area contributed by atoms with Gasteiger partial charge in [-0.25, -0.2) is 0 Å². The fraction of sp³-hybridized carbons (Fsp3) is 0.273. The lowest BCUT2D eigenvalue weighted by Crippen LogP contribution is -2.26. The average Bonchev–Trinajstić information content (AvgIpc) is 2.20. The first kappa shape index (κ1) is 12.9. The van der Waals surface area contributed by atoms with E-state index in [2.05, 4.69) is 0 Å². The van der Waals surface area contributed by atoms with Gasteiger partial charge in [-0.05, 0) is 32.0 Å².